The molecule has 0 heterocycles. The van der Waals surface area contributed by atoms with E-state index in [1.165, 1.54) is 12.7 Å². The van der Waals surface area contributed by atoms with Crippen molar-refractivity contribution in [3.8, 4) is 0 Å². The summed E-state index contributed by atoms with van der Waals surface area (Å²) in [7, 11) is 1.39. The predicted molar refractivity (Wildman–Crippen MR) is 59.4 cm³/mol. The van der Waals surface area contributed by atoms with Crippen molar-refractivity contribution in [1.29, 1.82) is 0 Å². The molecule has 3 nitrogen and oxygen atoms in total. The fraction of sp³-hybridized carbons (Fsp3) is 0.417. The van der Waals surface area contributed by atoms with Crippen molar-refractivity contribution in [3.05, 3.63) is 35.4 Å². The molecule has 1 atom stereocenters. The van der Waals surface area contributed by atoms with Gasteiger partial charge < -0.3 is 10.5 Å². The highest BCUT2D eigenvalue weighted by Crippen LogP contribution is 2.16. The molecule has 1 aromatic carbocycles. The van der Waals surface area contributed by atoms with E-state index < -0.39 is 0 Å². The Bertz CT molecular complexity index is 319. The summed E-state index contributed by atoms with van der Waals surface area (Å²) in [5, 5.41) is 0. The van der Waals surface area contributed by atoms with Crippen LogP contribution < -0.4 is 5.73 Å². The zero-order valence-corrected chi connectivity index (χ0v) is 9.19. The lowest BCUT2D eigenvalue weighted by Gasteiger charge is -2.11. The molecule has 2 N–H and O–H groups in total. The molecule has 0 aliphatic carbocycles. The summed E-state index contributed by atoms with van der Waals surface area (Å²) in [5.74, 6) is -0.211. The van der Waals surface area contributed by atoms with E-state index in [0.29, 0.717) is 12.8 Å². The molecule has 1 aromatic rings. The van der Waals surface area contributed by atoms with E-state index in [1.54, 1.807) is 0 Å². The molecule has 0 amide bonds. The number of hydrogen-bond acceptors (Lipinski definition) is 3. The zero-order chi connectivity index (χ0) is 11.3. The summed E-state index contributed by atoms with van der Waals surface area (Å²) in [4.78, 5) is 10.9. The van der Waals surface area contributed by atoms with Gasteiger partial charge in [-0.2, -0.15) is 0 Å². The molecule has 82 valence electrons. The quantitative estimate of drug-likeness (QED) is 0.768. The Morgan fingerprint density at radius 3 is 2.53 bits per heavy atom. The van der Waals surface area contributed by atoms with Gasteiger partial charge in [0, 0.05) is 12.5 Å². The molecular weight excluding hydrogens is 190 g/mol. The highest BCUT2D eigenvalue weighted by atomic mass is 16.5. The van der Waals surface area contributed by atoms with Gasteiger partial charge in [-0.3, -0.25) is 4.79 Å². The molecule has 0 fully saturated rings. The first-order valence-corrected chi connectivity index (χ1v) is 5.02. The van der Waals surface area contributed by atoms with Gasteiger partial charge in [0.25, 0.3) is 0 Å². The van der Waals surface area contributed by atoms with Gasteiger partial charge in [-0.1, -0.05) is 29.8 Å². The highest BCUT2D eigenvalue weighted by molar-refractivity contribution is 5.69. The third kappa shape index (κ3) is 3.72. The van der Waals surface area contributed by atoms with Crippen LogP contribution in [0.4, 0.5) is 0 Å². The van der Waals surface area contributed by atoms with Crippen LogP contribution in [0.25, 0.3) is 0 Å². The predicted octanol–water partition coefficient (Wildman–Crippen LogP) is 1.95. The third-order valence-corrected chi connectivity index (χ3v) is 2.39. The van der Waals surface area contributed by atoms with Gasteiger partial charge in [-0.05, 0) is 18.9 Å². The SMILES string of the molecule is COC(=O)CCC(N)c1ccc(C)cc1. The molecule has 3 heteroatoms. The average molecular weight is 207 g/mol. The Morgan fingerprint density at radius 1 is 1.40 bits per heavy atom. The second-order valence-corrected chi connectivity index (χ2v) is 3.63. The number of rotatable bonds is 4. The van der Waals surface area contributed by atoms with Crippen LogP contribution in [-0.2, 0) is 9.53 Å². The van der Waals surface area contributed by atoms with Crippen LogP contribution in [0.1, 0.15) is 30.0 Å². The first kappa shape index (κ1) is 11.7. The second kappa shape index (κ2) is 5.51. The Labute approximate surface area is 90.2 Å². The van der Waals surface area contributed by atoms with Gasteiger partial charge in [-0.15, -0.1) is 0 Å². The maximum absolute atomic E-state index is 10.9. The Morgan fingerprint density at radius 2 is 2.00 bits per heavy atom. The topological polar surface area (TPSA) is 52.3 Å². The van der Waals surface area contributed by atoms with Crippen molar-refractivity contribution in [2.24, 2.45) is 5.73 Å². The minimum absolute atomic E-state index is 0.0929. The minimum atomic E-state index is -0.211. The molecule has 1 rings (SSSR count). The van der Waals surface area contributed by atoms with Gasteiger partial charge in [-0.25, -0.2) is 0 Å². The van der Waals surface area contributed by atoms with Crippen LogP contribution >= 0.6 is 0 Å². The summed E-state index contributed by atoms with van der Waals surface area (Å²) in [6, 6.07) is 7.94. The Hall–Kier alpha value is -1.35. The van der Waals surface area contributed by atoms with Crippen molar-refractivity contribution >= 4 is 5.97 Å². The van der Waals surface area contributed by atoms with E-state index in [9.17, 15) is 4.79 Å². The second-order valence-electron chi connectivity index (χ2n) is 3.63. The number of aryl methyl sites for hydroxylation is 1. The lowest BCUT2D eigenvalue weighted by Crippen LogP contribution is -2.12. The van der Waals surface area contributed by atoms with Gasteiger partial charge in [0.1, 0.15) is 0 Å². The molecule has 0 bridgehead atoms. The number of carbonyl (C=O) groups is 1. The van der Waals surface area contributed by atoms with E-state index in [1.807, 2.05) is 31.2 Å². The largest absolute Gasteiger partial charge is 0.469 e. The van der Waals surface area contributed by atoms with Gasteiger partial charge >= 0.3 is 5.97 Å². The third-order valence-electron chi connectivity index (χ3n) is 2.39. The smallest absolute Gasteiger partial charge is 0.305 e. The number of hydrogen-bond donors (Lipinski definition) is 1. The average Bonchev–Trinajstić information content (AvgIpc) is 2.26. The van der Waals surface area contributed by atoms with Gasteiger partial charge in [0.05, 0.1) is 7.11 Å². The van der Waals surface area contributed by atoms with Crippen LogP contribution in [-0.4, -0.2) is 13.1 Å². The van der Waals surface area contributed by atoms with E-state index >= 15 is 0 Å². The summed E-state index contributed by atoms with van der Waals surface area (Å²) < 4.78 is 4.56. The fourth-order valence-electron chi connectivity index (χ4n) is 1.36. The van der Waals surface area contributed by atoms with Crippen molar-refractivity contribution in [1.82, 2.24) is 0 Å². The van der Waals surface area contributed by atoms with E-state index in [2.05, 4.69) is 4.74 Å². The lowest BCUT2D eigenvalue weighted by atomic mass is 10.0. The van der Waals surface area contributed by atoms with Gasteiger partial charge in [0.2, 0.25) is 0 Å². The molecule has 0 aromatic heterocycles. The molecule has 0 saturated heterocycles. The molecule has 0 aliphatic rings. The number of benzene rings is 1. The normalized spacial score (nSPS) is 12.2. The van der Waals surface area contributed by atoms with Crippen molar-refractivity contribution in [2.75, 3.05) is 7.11 Å². The number of ether oxygens (including phenoxy) is 1. The molecule has 0 aliphatic heterocycles. The van der Waals surface area contributed by atoms with Crippen molar-refractivity contribution < 1.29 is 9.53 Å². The molecular formula is C12H17NO2. The molecule has 0 spiro atoms. The summed E-state index contributed by atoms with van der Waals surface area (Å²) in [6.45, 7) is 2.03. The highest BCUT2D eigenvalue weighted by Gasteiger charge is 2.08. The minimum Gasteiger partial charge on any atom is -0.469 e. The summed E-state index contributed by atoms with van der Waals surface area (Å²) in [6.07, 6.45) is 0.987. The molecule has 1 unspecified atom stereocenters. The number of esters is 1. The standard InChI is InChI=1S/C12H17NO2/c1-9-3-5-10(6-4-9)11(13)7-8-12(14)15-2/h3-6,11H,7-8,13H2,1-2H3. The van der Waals surface area contributed by atoms with E-state index in [0.717, 1.165) is 5.56 Å². The van der Waals surface area contributed by atoms with Crippen LogP contribution in [0.3, 0.4) is 0 Å². The van der Waals surface area contributed by atoms with E-state index in [-0.39, 0.29) is 12.0 Å². The fourth-order valence-corrected chi connectivity index (χ4v) is 1.36. The first-order chi connectivity index (χ1) is 7.13. The maximum atomic E-state index is 10.9. The number of nitrogens with two attached hydrogens (primary N) is 1. The lowest BCUT2D eigenvalue weighted by molar-refractivity contribution is -0.140. The van der Waals surface area contributed by atoms with Crippen molar-refractivity contribution in [3.63, 3.8) is 0 Å². The number of carbonyl (C=O) groups excluding carboxylic acids is 1. The summed E-state index contributed by atoms with van der Waals surface area (Å²) >= 11 is 0. The van der Waals surface area contributed by atoms with Crippen LogP contribution in [0.15, 0.2) is 24.3 Å². The molecule has 15 heavy (non-hydrogen) atoms. The monoisotopic (exact) mass is 207 g/mol. The van der Waals surface area contributed by atoms with E-state index in [4.69, 9.17) is 5.73 Å². The summed E-state index contributed by atoms with van der Waals surface area (Å²) in [5.41, 5.74) is 8.21. The molecule has 0 saturated carbocycles. The Kier molecular flexibility index (Phi) is 4.31. The first-order valence-electron chi connectivity index (χ1n) is 5.02. The van der Waals surface area contributed by atoms with Gasteiger partial charge in [0.15, 0.2) is 0 Å². The molecule has 0 radical (unpaired) electrons. The Balaban J connectivity index is 2.50. The number of methoxy groups -OCH3 is 1. The van der Waals surface area contributed by atoms with Crippen molar-refractivity contribution in [2.45, 2.75) is 25.8 Å². The maximum Gasteiger partial charge on any atom is 0.305 e. The zero-order valence-electron chi connectivity index (χ0n) is 9.19. The van der Waals surface area contributed by atoms with Crippen LogP contribution in [0.2, 0.25) is 0 Å². The van der Waals surface area contributed by atoms with Crippen LogP contribution in [0.5, 0.6) is 0 Å². The van der Waals surface area contributed by atoms with Crippen LogP contribution in [0, 0.1) is 6.92 Å².